The number of hydrogen-bond acceptors (Lipinski definition) is 2. The van der Waals surface area contributed by atoms with Gasteiger partial charge in [0.2, 0.25) is 5.91 Å². The molecule has 5 heteroatoms. The van der Waals surface area contributed by atoms with E-state index in [2.05, 4.69) is 21.2 Å². The van der Waals surface area contributed by atoms with Crippen molar-refractivity contribution in [1.82, 2.24) is 5.32 Å². The lowest BCUT2D eigenvalue weighted by Gasteiger charge is -2.31. The monoisotopic (exact) mass is 341 g/mol. The molecule has 0 aliphatic heterocycles. The molecule has 0 atom stereocenters. The number of carbonyl (C=O) groups excluding carboxylic acids is 1. The van der Waals surface area contributed by atoms with Gasteiger partial charge in [-0.1, -0.05) is 41.9 Å². The minimum Gasteiger partial charge on any atom is -0.481 e. The molecule has 4 nitrogen and oxygen atoms in total. The van der Waals surface area contributed by atoms with Crippen LogP contribution in [-0.2, 0) is 16.0 Å². The Bertz CT molecular complexity index is 467. The normalized spacial score (nSPS) is 11.2. The van der Waals surface area contributed by atoms with Gasteiger partial charge in [0.05, 0.1) is 12.8 Å². The summed E-state index contributed by atoms with van der Waals surface area (Å²) in [6.07, 6.45) is 1.41. The van der Waals surface area contributed by atoms with Gasteiger partial charge in [0.15, 0.2) is 0 Å². The molecule has 0 heterocycles. The second-order valence-electron chi connectivity index (χ2n) is 4.91. The molecular weight excluding hydrogens is 322 g/mol. The highest BCUT2D eigenvalue weighted by Crippen LogP contribution is 2.20. The number of benzene rings is 1. The number of hydrogen-bond donors (Lipinski definition) is 2. The van der Waals surface area contributed by atoms with E-state index in [1.165, 1.54) is 0 Å². The Morgan fingerprint density at radius 1 is 1.20 bits per heavy atom. The van der Waals surface area contributed by atoms with Crippen molar-refractivity contribution < 1.29 is 14.7 Å². The van der Waals surface area contributed by atoms with Gasteiger partial charge in [-0.2, -0.15) is 0 Å². The first-order valence-electron chi connectivity index (χ1n) is 6.68. The first kappa shape index (κ1) is 16.7. The highest BCUT2D eigenvalue weighted by molar-refractivity contribution is 9.10. The second-order valence-corrected chi connectivity index (χ2v) is 5.83. The van der Waals surface area contributed by atoms with Gasteiger partial charge in [-0.3, -0.25) is 9.59 Å². The SMILES string of the molecule is CCC(CC)(CC(=O)O)NC(=O)Cc1ccc(Br)cc1. The number of amides is 1. The van der Waals surface area contributed by atoms with Crippen molar-refractivity contribution in [2.75, 3.05) is 0 Å². The number of nitrogens with one attached hydrogen (secondary N) is 1. The molecule has 2 N–H and O–H groups in total. The first-order chi connectivity index (χ1) is 9.40. The van der Waals surface area contributed by atoms with Crippen LogP contribution in [0.5, 0.6) is 0 Å². The minimum atomic E-state index is -0.891. The van der Waals surface area contributed by atoms with Crippen LogP contribution in [0.25, 0.3) is 0 Å². The Morgan fingerprint density at radius 2 is 1.75 bits per heavy atom. The third-order valence-corrected chi connectivity index (χ3v) is 4.05. The molecule has 1 aromatic rings. The number of carboxylic acids is 1. The van der Waals surface area contributed by atoms with Crippen LogP contribution in [0.3, 0.4) is 0 Å². The molecule has 0 aromatic heterocycles. The van der Waals surface area contributed by atoms with E-state index in [1.54, 1.807) is 0 Å². The number of carbonyl (C=O) groups is 2. The molecule has 0 fully saturated rings. The topological polar surface area (TPSA) is 66.4 Å². The second kappa shape index (κ2) is 7.43. The largest absolute Gasteiger partial charge is 0.481 e. The molecule has 0 saturated carbocycles. The van der Waals surface area contributed by atoms with Crippen LogP contribution in [0.15, 0.2) is 28.7 Å². The molecule has 0 saturated heterocycles. The highest BCUT2D eigenvalue weighted by Gasteiger charge is 2.30. The van der Waals surface area contributed by atoms with Gasteiger partial charge in [0.1, 0.15) is 0 Å². The molecular formula is C15H20BrNO3. The Morgan fingerprint density at radius 3 is 2.20 bits per heavy atom. The Kier molecular flexibility index (Phi) is 6.20. The van der Waals surface area contributed by atoms with Crippen LogP contribution in [0.4, 0.5) is 0 Å². The maximum Gasteiger partial charge on any atom is 0.305 e. The zero-order chi connectivity index (χ0) is 15.2. The number of aliphatic carboxylic acids is 1. The standard InChI is InChI=1S/C15H20BrNO3/c1-3-15(4-2,10-14(19)20)17-13(18)9-11-5-7-12(16)8-6-11/h5-8H,3-4,9-10H2,1-2H3,(H,17,18)(H,19,20). The summed E-state index contributed by atoms with van der Waals surface area (Å²) in [5.74, 6) is -1.03. The average Bonchev–Trinajstić information content (AvgIpc) is 2.40. The molecule has 110 valence electrons. The van der Waals surface area contributed by atoms with Crippen LogP contribution in [0.1, 0.15) is 38.7 Å². The predicted molar refractivity (Wildman–Crippen MR) is 81.6 cm³/mol. The van der Waals surface area contributed by atoms with E-state index in [4.69, 9.17) is 5.11 Å². The van der Waals surface area contributed by atoms with Gasteiger partial charge in [-0.25, -0.2) is 0 Å². The van der Waals surface area contributed by atoms with Gasteiger partial charge >= 0.3 is 5.97 Å². The average molecular weight is 342 g/mol. The van der Waals surface area contributed by atoms with E-state index >= 15 is 0 Å². The summed E-state index contributed by atoms with van der Waals surface area (Å²) >= 11 is 3.34. The molecule has 0 spiro atoms. The lowest BCUT2D eigenvalue weighted by Crippen LogP contribution is -2.49. The molecule has 0 aliphatic rings. The maximum absolute atomic E-state index is 12.1. The molecule has 0 radical (unpaired) electrons. The lowest BCUT2D eigenvalue weighted by atomic mass is 9.88. The zero-order valence-corrected chi connectivity index (χ0v) is 13.4. The molecule has 0 bridgehead atoms. The number of halogens is 1. The van der Waals surface area contributed by atoms with Crippen LogP contribution in [-0.4, -0.2) is 22.5 Å². The Balaban J connectivity index is 2.71. The van der Waals surface area contributed by atoms with E-state index in [1.807, 2.05) is 38.1 Å². The first-order valence-corrected chi connectivity index (χ1v) is 7.47. The summed E-state index contributed by atoms with van der Waals surface area (Å²) in [6, 6.07) is 7.51. The summed E-state index contributed by atoms with van der Waals surface area (Å²) in [7, 11) is 0. The lowest BCUT2D eigenvalue weighted by molar-refractivity contribution is -0.139. The Labute approximate surface area is 127 Å². The van der Waals surface area contributed by atoms with Crippen LogP contribution in [0.2, 0.25) is 0 Å². The summed E-state index contributed by atoms with van der Waals surface area (Å²) in [5, 5.41) is 11.9. The quantitative estimate of drug-likeness (QED) is 0.800. The van der Waals surface area contributed by atoms with Gasteiger partial charge in [-0.05, 0) is 30.5 Å². The summed E-state index contributed by atoms with van der Waals surface area (Å²) in [5.41, 5.74) is 0.250. The highest BCUT2D eigenvalue weighted by atomic mass is 79.9. The molecule has 20 heavy (non-hydrogen) atoms. The molecule has 1 amide bonds. The van der Waals surface area contributed by atoms with Crippen molar-refractivity contribution >= 4 is 27.8 Å². The molecule has 0 aliphatic carbocycles. The van der Waals surface area contributed by atoms with Gasteiger partial charge < -0.3 is 10.4 Å². The van der Waals surface area contributed by atoms with E-state index < -0.39 is 11.5 Å². The van der Waals surface area contributed by atoms with Crippen LogP contribution in [0, 0.1) is 0 Å². The smallest absolute Gasteiger partial charge is 0.305 e. The van der Waals surface area contributed by atoms with Crippen molar-refractivity contribution in [1.29, 1.82) is 0 Å². The van der Waals surface area contributed by atoms with Gasteiger partial charge in [0, 0.05) is 10.0 Å². The van der Waals surface area contributed by atoms with E-state index in [0.717, 1.165) is 10.0 Å². The maximum atomic E-state index is 12.1. The molecule has 0 unspecified atom stereocenters. The number of carboxylic acid groups (broad SMARTS) is 1. The third-order valence-electron chi connectivity index (χ3n) is 3.53. The summed E-state index contributed by atoms with van der Waals surface area (Å²) < 4.78 is 0.962. The molecule has 1 rings (SSSR count). The van der Waals surface area contributed by atoms with Gasteiger partial charge in [-0.15, -0.1) is 0 Å². The van der Waals surface area contributed by atoms with Crippen LogP contribution < -0.4 is 5.32 Å². The fraction of sp³-hybridized carbons (Fsp3) is 0.467. The fourth-order valence-corrected chi connectivity index (χ4v) is 2.40. The predicted octanol–water partition coefficient (Wildman–Crippen LogP) is 3.14. The minimum absolute atomic E-state index is 0.0495. The van der Waals surface area contributed by atoms with Crippen molar-refractivity contribution in [2.45, 2.75) is 45.1 Å². The van der Waals surface area contributed by atoms with Gasteiger partial charge in [0.25, 0.3) is 0 Å². The van der Waals surface area contributed by atoms with E-state index in [9.17, 15) is 9.59 Å². The van der Waals surface area contributed by atoms with Crippen molar-refractivity contribution in [3.63, 3.8) is 0 Å². The summed E-state index contributed by atoms with van der Waals surface area (Å²) in [6.45, 7) is 3.79. The van der Waals surface area contributed by atoms with Crippen molar-refractivity contribution in [2.24, 2.45) is 0 Å². The van der Waals surface area contributed by atoms with Crippen LogP contribution >= 0.6 is 15.9 Å². The fourth-order valence-electron chi connectivity index (χ4n) is 2.14. The van der Waals surface area contributed by atoms with Crippen molar-refractivity contribution in [3.05, 3.63) is 34.3 Å². The Hall–Kier alpha value is -1.36. The summed E-state index contributed by atoms with van der Waals surface area (Å²) in [4.78, 5) is 23.0. The van der Waals surface area contributed by atoms with E-state index in [0.29, 0.717) is 12.8 Å². The molecule has 1 aromatic carbocycles. The third kappa shape index (κ3) is 4.96. The number of rotatable bonds is 7. The van der Waals surface area contributed by atoms with E-state index in [-0.39, 0.29) is 18.7 Å². The zero-order valence-electron chi connectivity index (χ0n) is 11.8. The van der Waals surface area contributed by atoms with Crippen molar-refractivity contribution in [3.8, 4) is 0 Å².